The molecule has 0 saturated carbocycles. The van der Waals surface area contributed by atoms with E-state index in [1.165, 1.54) is 4.90 Å². The smallest absolute Gasteiger partial charge is 0.407 e. The van der Waals surface area contributed by atoms with E-state index >= 15 is 0 Å². The molecule has 1 atom stereocenters. The number of carboxylic acid groups (broad SMARTS) is 1. The lowest BCUT2D eigenvalue weighted by Gasteiger charge is -2.31. The van der Waals surface area contributed by atoms with Gasteiger partial charge in [0.15, 0.2) is 0 Å². The summed E-state index contributed by atoms with van der Waals surface area (Å²) in [5, 5.41) is 12.1. The van der Waals surface area contributed by atoms with Crippen molar-refractivity contribution < 1.29 is 14.6 Å². The number of hydrogen-bond acceptors (Lipinski definition) is 5. The largest absolute Gasteiger partial charge is 0.465 e. The molecule has 104 valence electrons. The van der Waals surface area contributed by atoms with E-state index < -0.39 is 6.09 Å². The van der Waals surface area contributed by atoms with Gasteiger partial charge in [-0.15, -0.1) is 0 Å². The standard InChI is InChI=1S/C12H18N4O3/c1-8-2-3-10(11(13)15-8)14-6-9-7-16(12(17)18)4-5-19-9/h2-3,9,14H,4-7H2,1H3,(H2,13,15)(H,17,18)/t9-/m0/s1. The summed E-state index contributed by atoms with van der Waals surface area (Å²) in [4.78, 5) is 16.4. The number of nitrogens with one attached hydrogen (secondary N) is 1. The van der Waals surface area contributed by atoms with Gasteiger partial charge in [-0.3, -0.25) is 0 Å². The number of aromatic nitrogens is 1. The van der Waals surface area contributed by atoms with E-state index in [0.717, 1.165) is 11.4 Å². The van der Waals surface area contributed by atoms with Crippen molar-refractivity contribution in [3.05, 3.63) is 17.8 Å². The number of nitrogens with two attached hydrogens (primary N) is 1. The fraction of sp³-hybridized carbons (Fsp3) is 0.500. The highest BCUT2D eigenvalue weighted by Crippen LogP contribution is 2.16. The molecule has 7 heteroatoms. The highest BCUT2D eigenvalue weighted by Gasteiger charge is 2.23. The second-order valence-corrected chi connectivity index (χ2v) is 4.49. The molecule has 2 rings (SSSR count). The topological polar surface area (TPSA) is 101 Å². The maximum Gasteiger partial charge on any atom is 0.407 e. The van der Waals surface area contributed by atoms with Gasteiger partial charge in [-0.2, -0.15) is 0 Å². The van der Waals surface area contributed by atoms with Crippen molar-refractivity contribution in [2.24, 2.45) is 0 Å². The monoisotopic (exact) mass is 266 g/mol. The molecule has 19 heavy (non-hydrogen) atoms. The molecule has 1 aromatic heterocycles. The SMILES string of the molecule is Cc1ccc(NC[C@H]2CN(C(=O)O)CCO2)c(N)n1. The lowest BCUT2D eigenvalue weighted by molar-refractivity contribution is -0.0147. The zero-order chi connectivity index (χ0) is 13.8. The molecule has 1 aliphatic heterocycles. The number of rotatable bonds is 3. The molecule has 1 aromatic rings. The second kappa shape index (κ2) is 5.75. The molecular formula is C12H18N4O3. The minimum atomic E-state index is -0.912. The van der Waals surface area contributed by atoms with Gasteiger partial charge in [0.1, 0.15) is 5.82 Å². The quantitative estimate of drug-likeness (QED) is 0.747. The van der Waals surface area contributed by atoms with Gasteiger partial charge >= 0.3 is 6.09 Å². The maximum atomic E-state index is 10.9. The van der Waals surface area contributed by atoms with E-state index in [4.69, 9.17) is 15.6 Å². The first-order valence-electron chi connectivity index (χ1n) is 6.12. The molecule has 0 aromatic carbocycles. The number of nitrogen functional groups attached to an aromatic ring is 1. The van der Waals surface area contributed by atoms with Crippen LogP contribution in [0.3, 0.4) is 0 Å². The summed E-state index contributed by atoms with van der Waals surface area (Å²) in [6.45, 7) is 3.57. The highest BCUT2D eigenvalue weighted by atomic mass is 16.5. The maximum absolute atomic E-state index is 10.9. The Morgan fingerprint density at radius 1 is 1.68 bits per heavy atom. The van der Waals surface area contributed by atoms with Crippen LogP contribution < -0.4 is 11.1 Å². The van der Waals surface area contributed by atoms with Crippen LogP contribution in [0.1, 0.15) is 5.69 Å². The Labute approximate surface area is 111 Å². The van der Waals surface area contributed by atoms with Crippen molar-refractivity contribution >= 4 is 17.6 Å². The summed E-state index contributed by atoms with van der Waals surface area (Å²) in [5.41, 5.74) is 7.39. The number of hydrogen-bond donors (Lipinski definition) is 3. The minimum Gasteiger partial charge on any atom is -0.465 e. The van der Waals surface area contributed by atoms with Crippen LogP contribution in [0.2, 0.25) is 0 Å². The van der Waals surface area contributed by atoms with E-state index in [9.17, 15) is 4.79 Å². The Bertz CT molecular complexity index is 466. The van der Waals surface area contributed by atoms with Crippen molar-refractivity contribution in [3.8, 4) is 0 Å². The van der Waals surface area contributed by atoms with Crippen LogP contribution >= 0.6 is 0 Å². The summed E-state index contributed by atoms with van der Waals surface area (Å²) in [6, 6.07) is 3.72. The average molecular weight is 266 g/mol. The van der Waals surface area contributed by atoms with Crippen molar-refractivity contribution in [2.45, 2.75) is 13.0 Å². The molecule has 1 saturated heterocycles. The van der Waals surface area contributed by atoms with Crippen LogP contribution in [0.15, 0.2) is 12.1 Å². The van der Waals surface area contributed by atoms with Crippen molar-refractivity contribution in [2.75, 3.05) is 37.3 Å². The van der Waals surface area contributed by atoms with Gasteiger partial charge in [-0.1, -0.05) is 0 Å². The zero-order valence-corrected chi connectivity index (χ0v) is 10.8. The number of carbonyl (C=O) groups is 1. The van der Waals surface area contributed by atoms with E-state index in [1.54, 1.807) is 0 Å². The van der Waals surface area contributed by atoms with Crippen LogP contribution in [0.4, 0.5) is 16.3 Å². The van der Waals surface area contributed by atoms with Gasteiger partial charge in [0.2, 0.25) is 0 Å². The van der Waals surface area contributed by atoms with Crippen LogP contribution in [0.5, 0.6) is 0 Å². The first-order chi connectivity index (χ1) is 9.06. The van der Waals surface area contributed by atoms with Crippen molar-refractivity contribution in [3.63, 3.8) is 0 Å². The van der Waals surface area contributed by atoms with Crippen molar-refractivity contribution in [1.29, 1.82) is 0 Å². The van der Waals surface area contributed by atoms with Crippen LogP contribution in [0.25, 0.3) is 0 Å². The molecule has 2 heterocycles. The van der Waals surface area contributed by atoms with Gasteiger partial charge in [0.25, 0.3) is 0 Å². The molecule has 0 bridgehead atoms. The lowest BCUT2D eigenvalue weighted by Crippen LogP contribution is -2.47. The number of nitrogens with zero attached hydrogens (tertiary/aromatic N) is 2. The summed E-state index contributed by atoms with van der Waals surface area (Å²) >= 11 is 0. The fourth-order valence-corrected chi connectivity index (χ4v) is 1.97. The summed E-state index contributed by atoms with van der Waals surface area (Å²) in [7, 11) is 0. The summed E-state index contributed by atoms with van der Waals surface area (Å²) in [6.07, 6.45) is -1.09. The number of anilines is 2. The molecule has 0 unspecified atom stereocenters. The number of amides is 1. The molecule has 4 N–H and O–H groups in total. The molecule has 0 radical (unpaired) electrons. The van der Waals surface area contributed by atoms with E-state index in [0.29, 0.717) is 32.1 Å². The van der Waals surface area contributed by atoms with Gasteiger partial charge in [0.05, 0.1) is 24.9 Å². The molecule has 0 aliphatic carbocycles. The third-order valence-electron chi connectivity index (χ3n) is 2.99. The Morgan fingerprint density at radius 3 is 3.16 bits per heavy atom. The van der Waals surface area contributed by atoms with Gasteiger partial charge in [-0.25, -0.2) is 9.78 Å². The fourth-order valence-electron chi connectivity index (χ4n) is 1.97. The normalized spacial score (nSPS) is 19.2. The molecule has 7 nitrogen and oxygen atoms in total. The molecule has 1 fully saturated rings. The Balaban J connectivity index is 1.89. The van der Waals surface area contributed by atoms with Crippen LogP contribution in [-0.4, -0.2) is 53.4 Å². The highest BCUT2D eigenvalue weighted by molar-refractivity contribution is 5.65. The Kier molecular flexibility index (Phi) is 4.06. The summed E-state index contributed by atoms with van der Waals surface area (Å²) in [5.74, 6) is 0.436. The molecular weight excluding hydrogens is 248 g/mol. The summed E-state index contributed by atoms with van der Waals surface area (Å²) < 4.78 is 5.51. The molecule has 1 amide bonds. The first kappa shape index (κ1) is 13.4. The van der Waals surface area contributed by atoms with Crippen molar-refractivity contribution in [1.82, 2.24) is 9.88 Å². The molecule has 1 aliphatic rings. The lowest BCUT2D eigenvalue weighted by atomic mass is 10.2. The van der Waals surface area contributed by atoms with E-state index in [1.807, 2.05) is 19.1 Å². The average Bonchev–Trinajstić information content (AvgIpc) is 2.38. The van der Waals surface area contributed by atoms with Gasteiger partial charge in [0, 0.05) is 18.8 Å². The molecule has 0 spiro atoms. The third kappa shape index (κ3) is 3.47. The predicted octanol–water partition coefficient (Wildman–Crippen LogP) is 0.763. The number of aryl methyl sites for hydroxylation is 1. The second-order valence-electron chi connectivity index (χ2n) is 4.49. The van der Waals surface area contributed by atoms with Crippen LogP contribution in [0, 0.1) is 6.92 Å². The van der Waals surface area contributed by atoms with E-state index in [2.05, 4.69) is 10.3 Å². The Morgan fingerprint density at radius 2 is 2.47 bits per heavy atom. The third-order valence-corrected chi connectivity index (χ3v) is 2.99. The van der Waals surface area contributed by atoms with Gasteiger partial charge < -0.3 is 25.8 Å². The number of pyridine rings is 1. The van der Waals surface area contributed by atoms with Gasteiger partial charge in [-0.05, 0) is 19.1 Å². The number of morpholine rings is 1. The van der Waals surface area contributed by atoms with Crippen LogP contribution in [-0.2, 0) is 4.74 Å². The number of ether oxygens (including phenoxy) is 1. The minimum absolute atomic E-state index is 0.175. The Hall–Kier alpha value is -2.02. The first-order valence-corrected chi connectivity index (χ1v) is 6.12. The predicted molar refractivity (Wildman–Crippen MR) is 71.2 cm³/mol. The van der Waals surface area contributed by atoms with E-state index in [-0.39, 0.29) is 6.10 Å². The zero-order valence-electron chi connectivity index (χ0n) is 10.8.